The third kappa shape index (κ3) is 26.1. The minimum Gasteiger partial charge on any atom is -0.478 e. The van der Waals surface area contributed by atoms with E-state index in [1.807, 2.05) is 0 Å². The van der Waals surface area contributed by atoms with Gasteiger partial charge < -0.3 is 61.9 Å². The van der Waals surface area contributed by atoms with Crippen molar-refractivity contribution in [1.29, 1.82) is 0 Å². The van der Waals surface area contributed by atoms with Crippen molar-refractivity contribution in [2.45, 2.75) is 227 Å². The highest BCUT2D eigenvalue weighted by atomic mass is 16.8. The summed E-state index contributed by atoms with van der Waals surface area (Å²) >= 11 is 0. The molecule has 1 N–H and O–H groups in total. The Labute approximate surface area is 454 Å². The third-order valence-electron chi connectivity index (χ3n) is 11.8. The Morgan fingerprint density at radius 2 is 1.01 bits per heavy atom. The second kappa shape index (κ2) is 35.7. The molecule has 1 aliphatic heterocycles. The van der Waals surface area contributed by atoms with E-state index < -0.39 is 140 Å². The van der Waals surface area contributed by atoms with E-state index in [0.717, 1.165) is 132 Å². The van der Waals surface area contributed by atoms with E-state index in [1.165, 1.54) is 13.0 Å². The molecule has 0 bridgehead atoms. The van der Waals surface area contributed by atoms with Gasteiger partial charge in [0.05, 0.1) is 6.10 Å². The number of hydrogen-bond acceptors (Lipinski definition) is 23. The number of rotatable bonds is 35. The number of carbonyl (C=O) groups is 11. The molecule has 1 aromatic rings. The molecule has 0 aromatic heterocycles. The van der Waals surface area contributed by atoms with Crippen LogP contribution < -0.4 is 4.74 Å². The van der Waals surface area contributed by atoms with Crippen LogP contribution in [-0.2, 0) is 106 Å². The van der Waals surface area contributed by atoms with Crippen LogP contribution in [0.2, 0.25) is 0 Å². The van der Waals surface area contributed by atoms with Crippen LogP contribution in [0.1, 0.15) is 175 Å². The van der Waals surface area contributed by atoms with Crippen LogP contribution >= 0.6 is 0 Å². The van der Waals surface area contributed by atoms with Gasteiger partial charge in [0.1, 0.15) is 36.7 Å². The highest BCUT2D eigenvalue weighted by Crippen LogP contribution is 2.33. The van der Waals surface area contributed by atoms with Crippen molar-refractivity contribution in [2.24, 2.45) is 0 Å². The summed E-state index contributed by atoms with van der Waals surface area (Å²) < 4.78 is 66.4. The maximum atomic E-state index is 14.1. The summed E-state index contributed by atoms with van der Waals surface area (Å²) in [6.45, 7) is 9.13. The third-order valence-corrected chi connectivity index (χ3v) is 11.8. The number of esters is 10. The molecule has 2 rings (SSSR count). The Morgan fingerprint density at radius 3 is 1.50 bits per heavy atom. The van der Waals surface area contributed by atoms with Gasteiger partial charge >= 0.3 is 65.7 Å². The molecule has 0 aliphatic carbocycles. The standard InChI is InChI=1S/C54H78O24/c1-31(25-22-20-18-16-14-12-11-13-15-17-19-21-23-26-41-27-24-28-42(70-34(4)57)45(41)52(64)65)69-53(66)50(75-39(9)62)48(73-37(7)60)46(71-35(5)58)43(29-67-32(2)55)77-54-51(76-40(10)63)49(74-38(8)61)47(72-36(6)59)44(78-54)30-68-33(3)56/h24,27-28,31,43-44,46-51,54H,11-23,25-26,29-30H2,1-10H3,(H,64,65)/t31-,43-,44-,46-,47-,48+,49+,50+,51+,54-/m1/s1. The molecule has 0 spiro atoms. The minimum absolute atomic E-state index is 0.0269. The van der Waals surface area contributed by atoms with Gasteiger partial charge in [-0.15, -0.1) is 0 Å². The van der Waals surface area contributed by atoms with E-state index in [1.54, 1.807) is 19.1 Å². The molecule has 1 aliphatic rings. The fourth-order valence-corrected chi connectivity index (χ4v) is 8.63. The van der Waals surface area contributed by atoms with Crippen molar-refractivity contribution in [2.75, 3.05) is 13.2 Å². The zero-order valence-corrected chi connectivity index (χ0v) is 46.4. The Kier molecular flexibility index (Phi) is 30.8. The van der Waals surface area contributed by atoms with Crippen LogP contribution in [-0.4, -0.2) is 145 Å². The number of unbranched alkanes of at least 4 members (excludes halogenated alkanes) is 12. The molecule has 438 valence electrons. The number of hydrogen-bond donors (Lipinski definition) is 1. The van der Waals surface area contributed by atoms with E-state index in [0.29, 0.717) is 24.8 Å². The SMILES string of the molecule is CC(=O)OC[C@H]1O[C@@H](O[C@H](COC(C)=O)[C@@H](OC(C)=O)[C@H](OC(C)=O)[C@H](OC(C)=O)C(=O)O[C@H](C)CCCCCCCCCCCCCCCc2cccc(OC(C)=O)c2C(=O)O)[C@@H](OC(C)=O)[C@@H](OC(C)=O)[C@@H]1OC(C)=O. The Balaban J connectivity index is 2.14. The van der Waals surface area contributed by atoms with E-state index >= 15 is 0 Å². The molecule has 78 heavy (non-hydrogen) atoms. The summed E-state index contributed by atoms with van der Waals surface area (Å²) in [6.07, 6.45) is -4.05. The molecule has 0 saturated carbocycles. The molecule has 1 saturated heterocycles. The molecular formula is C54H78O24. The van der Waals surface area contributed by atoms with Crippen molar-refractivity contribution in [3.05, 3.63) is 29.3 Å². The zero-order chi connectivity index (χ0) is 58.5. The van der Waals surface area contributed by atoms with E-state index in [9.17, 15) is 57.8 Å². The fraction of sp³-hybridized carbons (Fsp3) is 0.685. The van der Waals surface area contributed by atoms with Gasteiger partial charge in [0.2, 0.25) is 6.10 Å². The topological polar surface area (TPSA) is 319 Å². The molecule has 10 atom stereocenters. The van der Waals surface area contributed by atoms with Crippen molar-refractivity contribution >= 4 is 65.7 Å². The lowest BCUT2D eigenvalue weighted by atomic mass is 9.97. The first-order chi connectivity index (χ1) is 36.8. The van der Waals surface area contributed by atoms with Crippen molar-refractivity contribution in [3.63, 3.8) is 0 Å². The molecule has 1 heterocycles. The second-order valence-corrected chi connectivity index (χ2v) is 18.8. The predicted molar refractivity (Wildman–Crippen MR) is 269 cm³/mol. The lowest BCUT2D eigenvalue weighted by molar-refractivity contribution is -0.327. The average Bonchev–Trinajstić information content (AvgIpc) is 3.32. The van der Waals surface area contributed by atoms with Crippen LogP contribution in [0.3, 0.4) is 0 Å². The van der Waals surface area contributed by atoms with Crippen LogP contribution in [0.5, 0.6) is 5.75 Å². The molecular weight excluding hydrogens is 1030 g/mol. The maximum absolute atomic E-state index is 14.1. The van der Waals surface area contributed by atoms with Gasteiger partial charge in [0.25, 0.3) is 0 Å². The van der Waals surface area contributed by atoms with Crippen molar-refractivity contribution in [1.82, 2.24) is 0 Å². The first-order valence-corrected chi connectivity index (χ1v) is 26.2. The minimum atomic E-state index is -2.16. The smallest absolute Gasteiger partial charge is 0.351 e. The monoisotopic (exact) mass is 1110 g/mol. The highest BCUT2D eigenvalue weighted by molar-refractivity contribution is 5.93. The summed E-state index contributed by atoms with van der Waals surface area (Å²) in [5.74, 6) is -10.7. The maximum Gasteiger partial charge on any atom is 0.351 e. The average molecular weight is 1110 g/mol. The van der Waals surface area contributed by atoms with Gasteiger partial charge in [0, 0.05) is 62.3 Å². The first kappa shape index (κ1) is 67.4. The van der Waals surface area contributed by atoms with Crippen LogP contribution in [0.25, 0.3) is 0 Å². The van der Waals surface area contributed by atoms with Crippen LogP contribution in [0, 0.1) is 0 Å². The molecule has 0 amide bonds. The fourth-order valence-electron chi connectivity index (χ4n) is 8.63. The molecule has 1 fully saturated rings. The van der Waals surface area contributed by atoms with Crippen molar-refractivity contribution in [3.8, 4) is 5.75 Å². The van der Waals surface area contributed by atoms with E-state index in [4.69, 9.17) is 56.8 Å². The summed E-state index contributed by atoms with van der Waals surface area (Å²) in [6, 6.07) is 4.91. The number of carboxylic acid groups (broad SMARTS) is 1. The number of carboxylic acids is 1. The number of aryl methyl sites for hydroxylation is 1. The molecule has 24 heteroatoms. The summed E-state index contributed by atoms with van der Waals surface area (Å²) in [4.78, 5) is 137. The van der Waals surface area contributed by atoms with Crippen LogP contribution in [0.4, 0.5) is 0 Å². The van der Waals surface area contributed by atoms with Crippen LogP contribution in [0.15, 0.2) is 18.2 Å². The normalized spacial score (nSPS) is 18.7. The highest BCUT2D eigenvalue weighted by Gasteiger charge is 2.55. The van der Waals surface area contributed by atoms with Gasteiger partial charge in [-0.25, -0.2) is 9.59 Å². The Morgan fingerprint density at radius 1 is 0.526 bits per heavy atom. The summed E-state index contributed by atoms with van der Waals surface area (Å²) in [5.41, 5.74) is 0.669. The van der Waals surface area contributed by atoms with E-state index in [2.05, 4.69) is 0 Å². The van der Waals surface area contributed by atoms with E-state index in [-0.39, 0.29) is 11.3 Å². The lowest BCUT2D eigenvalue weighted by Crippen LogP contribution is -2.64. The summed E-state index contributed by atoms with van der Waals surface area (Å²) in [5, 5.41) is 9.68. The lowest BCUT2D eigenvalue weighted by Gasteiger charge is -2.45. The number of aromatic carboxylic acids is 1. The molecule has 1 aromatic carbocycles. The summed E-state index contributed by atoms with van der Waals surface area (Å²) in [7, 11) is 0. The molecule has 0 radical (unpaired) electrons. The van der Waals surface area contributed by atoms with Gasteiger partial charge in [-0.05, 0) is 44.2 Å². The predicted octanol–water partition coefficient (Wildman–Crippen LogP) is 6.07. The molecule has 24 nitrogen and oxygen atoms in total. The zero-order valence-electron chi connectivity index (χ0n) is 46.4. The quantitative estimate of drug-likeness (QED) is 0.0349. The van der Waals surface area contributed by atoms with Gasteiger partial charge in [-0.2, -0.15) is 0 Å². The second-order valence-electron chi connectivity index (χ2n) is 18.8. The first-order valence-electron chi connectivity index (χ1n) is 26.2. The number of benzene rings is 1. The molecule has 0 unspecified atom stereocenters. The van der Waals surface area contributed by atoms with Crippen molar-refractivity contribution < 1.29 is 115 Å². The largest absolute Gasteiger partial charge is 0.478 e. The van der Waals surface area contributed by atoms with Gasteiger partial charge in [0.15, 0.2) is 36.8 Å². The Bertz CT molecular complexity index is 2170. The number of ether oxygens (including phenoxy) is 12. The number of carbonyl (C=O) groups excluding carboxylic acids is 10. The van der Waals surface area contributed by atoms with Gasteiger partial charge in [-0.1, -0.05) is 82.8 Å². The van der Waals surface area contributed by atoms with Gasteiger partial charge in [-0.3, -0.25) is 43.2 Å². The Hall–Kier alpha value is -6.69.